The maximum atomic E-state index is 12.3. The van der Waals surface area contributed by atoms with E-state index < -0.39 is 0 Å². The molecule has 2 aromatic rings. The smallest absolute Gasteiger partial charge is 0.323 e. The first-order valence-electron chi connectivity index (χ1n) is 6.73. The molecule has 21 heavy (non-hydrogen) atoms. The van der Waals surface area contributed by atoms with Crippen LogP contribution in [0.2, 0.25) is 0 Å². The fraction of sp³-hybridized carbons (Fsp3) is 0.385. The average Bonchev–Trinajstić information content (AvgIpc) is 2.94. The molecule has 8 nitrogen and oxygen atoms in total. The van der Waals surface area contributed by atoms with Gasteiger partial charge in [-0.1, -0.05) is 0 Å². The molecule has 1 fully saturated rings. The van der Waals surface area contributed by atoms with E-state index in [2.05, 4.69) is 19.9 Å². The first-order valence-corrected chi connectivity index (χ1v) is 6.73. The highest BCUT2D eigenvalue weighted by atomic mass is 16.5. The zero-order valence-electron chi connectivity index (χ0n) is 11.3. The average molecular weight is 289 g/mol. The van der Waals surface area contributed by atoms with Gasteiger partial charge >= 0.3 is 11.7 Å². The zero-order chi connectivity index (χ0) is 14.7. The number of aromatic nitrogens is 4. The standard InChI is InChI=1S/C13H15N5O3/c19-11(10-7-16-12(20)17-10)18-6-1-3-9(8-18)21-13-14-4-2-5-15-13/h2,4-5,7,9H,1,3,6,8H2,(H2,16,17,20). The normalized spacial score (nSPS) is 18.5. The van der Waals surface area contributed by atoms with Crippen molar-refractivity contribution in [1.29, 1.82) is 0 Å². The lowest BCUT2D eigenvalue weighted by Gasteiger charge is -2.31. The lowest BCUT2D eigenvalue weighted by atomic mass is 10.1. The van der Waals surface area contributed by atoms with Gasteiger partial charge in [0.2, 0.25) is 0 Å². The van der Waals surface area contributed by atoms with E-state index in [1.54, 1.807) is 23.4 Å². The van der Waals surface area contributed by atoms with Crippen LogP contribution in [0.1, 0.15) is 23.3 Å². The van der Waals surface area contributed by atoms with Crippen LogP contribution >= 0.6 is 0 Å². The van der Waals surface area contributed by atoms with E-state index in [1.807, 2.05) is 0 Å². The number of likely N-dealkylation sites (tertiary alicyclic amines) is 1. The predicted octanol–water partition coefficient (Wildman–Crippen LogP) is 0.177. The SMILES string of the molecule is O=C(c1c[nH]c(=O)[nH]1)N1CCCC(Oc2ncccn2)C1. The minimum absolute atomic E-state index is 0.143. The number of nitrogens with zero attached hydrogens (tertiary/aromatic N) is 3. The molecular weight excluding hydrogens is 274 g/mol. The van der Waals surface area contributed by atoms with Gasteiger partial charge in [-0.3, -0.25) is 4.79 Å². The molecule has 1 aliphatic rings. The Morgan fingerprint density at radius 1 is 1.38 bits per heavy atom. The predicted molar refractivity (Wildman–Crippen MR) is 73.0 cm³/mol. The number of aromatic amines is 2. The molecule has 3 rings (SSSR count). The van der Waals surface area contributed by atoms with Crippen molar-refractivity contribution in [1.82, 2.24) is 24.8 Å². The number of amides is 1. The maximum absolute atomic E-state index is 12.3. The number of hydrogen-bond acceptors (Lipinski definition) is 5. The Hall–Kier alpha value is -2.64. The van der Waals surface area contributed by atoms with Crippen molar-refractivity contribution in [2.24, 2.45) is 0 Å². The number of rotatable bonds is 3. The van der Waals surface area contributed by atoms with E-state index in [1.165, 1.54) is 6.20 Å². The maximum Gasteiger partial charge on any atom is 0.323 e. The minimum atomic E-state index is -0.388. The quantitative estimate of drug-likeness (QED) is 0.838. The lowest BCUT2D eigenvalue weighted by Crippen LogP contribution is -2.44. The highest BCUT2D eigenvalue weighted by Crippen LogP contribution is 2.16. The fourth-order valence-corrected chi connectivity index (χ4v) is 2.33. The Morgan fingerprint density at radius 2 is 2.19 bits per heavy atom. The van der Waals surface area contributed by atoms with Gasteiger partial charge in [0.05, 0.1) is 6.54 Å². The third-order valence-corrected chi connectivity index (χ3v) is 3.31. The molecule has 110 valence electrons. The molecule has 2 aromatic heterocycles. The number of carbonyl (C=O) groups excluding carboxylic acids is 1. The molecule has 1 amide bonds. The molecule has 0 bridgehead atoms. The van der Waals surface area contributed by atoms with E-state index in [0.29, 0.717) is 19.1 Å². The summed E-state index contributed by atoms with van der Waals surface area (Å²) in [6, 6.07) is 2.03. The van der Waals surface area contributed by atoms with Crippen molar-refractivity contribution in [3.05, 3.63) is 40.8 Å². The van der Waals surface area contributed by atoms with Gasteiger partial charge in [0, 0.05) is 25.1 Å². The van der Waals surface area contributed by atoms with Gasteiger partial charge in [0.25, 0.3) is 5.91 Å². The van der Waals surface area contributed by atoms with Crippen LogP contribution in [0.3, 0.4) is 0 Å². The highest BCUT2D eigenvalue weighted by Gasteiger charge is 2.26. The van der Waals surface area contributed by atoms with Crippen LogP contribution in [0, 0.1) is 0 Å². The van der Waals surface area contributed by atoms with Gasteiger partial charge in [-0.15, -0.1) is 0 Å². The molecule has 0 saturated carbocycles. The van der Waals surface area contributed by atoms with Crippen LogP contribution in [0.25, 0.3) is 0 Å². The van der Waals surface area contributed by atoms with Gasteiger partial charge in [-0.05, 0) is 18.9 Å². The van der Waals surface area contributed by atoms with Crippen LogP contribution < -0.4 is 10.4 Å². The van der Waals surface area contributed by atoms with Crippen LogP contribution in [-0.2, 0) is 0 Å². The van der Waals surface area contributed by atoms with Crippen molar-refractivity contribution < 1.29 is 9.53 Å². The summed E-state index contributed by atoms with van der Waals surface area (Å²) in [6.07, 6.45) is 6.13. The monoisotopic (exact) mass is 289 g/mol. The Balaban J connectivity index is 1.65. The molecular formula is C13H15N5O3. The Bertz CT molecular complexity index is 666. The van der Waals surface area contributed by atoms with Gasteiger partial charge in [-0.25, -0.2) is 14.8 Å². The van der Waals surface area contributed by atoms with Crippen LogP contribution in [-0.4, -0.2) is 49.9 Å². The molecule has 2 N–H and O–H groups in total. The van der Waals surface area contributed by atoms with E-state index in [0.717, 1.165) is 12.8 Å². The number of nitrogens with one attached hydrogen (secondary N) is 2. The van der Waals surface area contributed by atoms with Gasteiger partial charge < -0.3 is 19.6 Å². The third kappa shape index (κ3) is 3.10. The second-order valence-corrected chi connectivity index (χ2v) is 4.82. The summed E-state index contributed by atoms with van der Waals surface area (Å²) < 4.78 is 5.68. The molecule has 0 spiro atoms. The van der Waals surface area contributed by atoms with E-state index >= 15 is 0 Å². The number of hydrogen-bond donors (Lipinski definition) is 2. The zero-order valence-corrected chi connectivity index (χ0v) is 11.3. The Kier molecular flexibility index (Phi) is 3.67. The number of carbonyl (C=O) groups is 1. The molecule has 3 heterocycles. The second kappa shape index (κ2) is 5.78. The van der Waals surface area contributed by atoms with Crippen LogP contribution in [0.5, 0.6) is 6.01 Å². The summed E-state index contributed by atoms with van der Waals surface area (Å²) >= 11 is 0. The minimum Gasteiger partial charge on any atom is -0.458 e. The van der Waals surface area contributed by atoms with Crippen LogP contribution in [0.4, 0.5) is 0 Å². The summed E-state index contributed by atoms with van der Waals surface area (Å²) in [5, 5.41) is 0. The van der Waals surface area contributed by atoms with Crippen LogP contribution in [0.15, 0.2) is 29.5 Å². The first-order chi connectivity index (χ1) is 10.2. The van der Waals surface area contributed by atoms with Crippen molar-refractivity contribution in [2.45, 2.75) is 18.9 Å². The van der Waals surface area contributed by atoms with Crippen molar-refractivity contribution >= 4 is 5.91 Å². The number of piperidine rings is 1. The summed E-state index contributed by atoms with van der Waals surface area (Å²) in [6.45, 7) is 1.09. The summed E-state index contributed by atoms with van der Waals surface area (Å²) in [4.78, 5) is 37.9. The molecule has 0 radical (unpaired) electrons. The number of ether oxygens (including phenoxy) is 1. The molecule has 0 aromatic carbocycles. The van der Waals surface area contributed by atoms with Crippen molar-refractivity contribution in [3.8, 4) is 6.01 Å². The number of H-pyrrole nitrogens is 2. The first kappa shape index (κ1) is 13.3. The highest BCUT2D eigenvalue weighted by molar-refractivity contribution is 5.92. The molecule has 1 aliphatic heterocycles. The molecule has 1 saturated heterocycles. The molecule has 1 atom stereocenters. The summed E-state index contributed by atoms with van der Waals surface area (Å²) in [5.74, 6) is -0.212. The fourth-order valence-electron chi connectivity index (χ4n) is 2.33. The van der Waals surface area contributed by atoms with E-state index in [-0.39, 0.29) is 23.4 Å². The Morgan fingerprint density at radius 3 is 2.90 bits per heavy atom. The van der Waals surface area contributed by atoms with E-state index in [4.69, 9.17) is 4.74 Å². The third-order valence-electron chi connectivity index (χ3n) is 3.31. The van der Waals surface area contributed by atoms with Crippen molar-refractivity contribution in [3.63, 3.8) is 0 Å². The molecule has 8 heteroatoms. The molecule has 0 aliphatic carbocycles. The second-order valence-electron chi connectivity index (χ2n) is 4.82. The topological polar surface area (TPSA) is 104 Å². The van der Waals surface area contributed by atoms with Gasteiger partial charge in [0.1, 0.15) is 11.8 Å². The summed E-state index contributed by atoms with van der Waals surface area (Å²) in [5.41, 5.74) is -0.127. The van der Waals surface area contributed by atoms with Gasteiger partial charge in [0.15, 0.2) is 0 Å². The molecule has 1 unspecified atom stereocenters. The Labute approximate surface area is 120 Å². The lowest BCUT2D eigenvalue weighted by molar-refractivity contribution is 0.0511. The van der Waals surface area contributed by atoms with E-state index in [9.17, 15) is 9.59 Å². The largest absolute Gasteiger partial charge is 0.458 e. The van der Waals surface area contributed by atoms with Gasteiger partial charge in [-0.2, -0.15) is 0 Å². The number of imidazole rings is 1. The van der Waals surface area contributed by atoms with Crippen molar-refractivity contribution in [2.75, 3.05) is 13.1 Å². The summed E-state index contributed by atoms with van der Waals surface area (Å²) in [7, 11) is 0.